The number of aromatic hydroxyl groups is 2. The summed E-state index contributed by atoms with van der Waals surface area (Å²) in [5, 5.41) is 19.0. The van der Waals surface area contributed by atoms with Crippen LogP contribution in [0, 0.1) is 34.0 Å². The predicted octanol–water partition coefficient (Wildman–Crippen LogP) is 5.80. The van der Waals surface area contributed by atoms with Crippen molar-refractivity contribution in [2.45, 2.75) is 65.7 Å². The van der Waals surface area contributed by atoms with Gasteiger partial charge in [-0.3, -0.25) is 4.79 Å². The van der Waals surface area contributed by atoms with E-state index in [1.165, 1.54) is 30.2 Å². The zero-order valence-electron chi connectivity index (χ0n) is 20.5. The molecule has 0 unspecified atom stereocenters. The van der Waals surface area contributed by atoms with Gasteiger partial charge in [0, 0.05) is 17.9 Å². The lowest BCUT2D eigenvalue weighted by Gasteiger charge is -2.63. The molecular weight excluding hydrogens is 428 g/mol. The Morgan fingerprint density at radius 2 is 1.88 bits per heavy atom. The molecule has 5 heteroatoms. The minimum absolute atomic E-state index is 0.186. The molecule has 0 saturated heterocycles. The lowest BCUT2D eigenvalue weighted by atomic mass is 9.41. The van der Waals surface area contributed by atoms with Gasteiger partial charge in [0.1, 0.15) is 12.4 Å². The number of hydrogen-bond donors (Lipinski definition) is 2. The summed E-state index contributed by atoms with van der Waals surface area (Å²) < 4.78 is 5.61. The highest BCUT2D eigenvalue weighted by molar-refractivity contribution is 5.87. The normalized spacial score (nSPS) is 36.0. The highest BCUT2D eigenvalue weighted by atomic mass is 16.5. The molecule has 34 heavy (non-hydrogen) atoms. The van der Waals surface area contributed by atoms with E-state index in [4.69, 9.17) is 4.74 Å². The molecule has 1 aromatic rings. The second-order valence-corrected chi connectivity index (χ2v) is 11.9. The van der Waals surface area contributed by atoms with Crippen molar-refractivity contribution in [2.75, 3.05) is 6.61 Å². The maximum absolute atomic E-state index is 12.7. The van der Waals surface area contributed by atoms with Crippen LogP contribution in [0.2, 0.25) is 0 Å². The second kappa shape index (κ2) is 8.00. The van der Waals surface area contributed by atoms with Gasteiger partial charge in [0.2, 0.25) is 0 Å². The molecule has 3 fully saturated rings. The lowest BCUT2D eigenvalue weighted by Crippen LogP contribution is -2.58. The topological polar surface area (TPSA) is 83.8 Å². The summed E-state index contributed by atoms with van der Waals surface area (Å²) in [7, 11) is 0. The third-order valence-electron chi connectivity index (χ3n) is 9.89. The summed E-state index contributed by atoms with van der Waals surface area (Å²) in [5.41, 5.74) is 2.03. The third kappa shape index (κ3) is 3.59. The maximum Gasteiger partial charge on any atom is 0.331 e. The number of benzene rings is 1. The number of ketones is 1. The van der Waals surface area contributed by atoms with E-state index in [-0.39, 0.29) is 27.7 Å². The standard InChI is InChI=1S/C29H36O5/c1-27(2)23-10-13-29-15-19(6-8-24(29)28(23,3)12-11-25(27)32)20(16-29)17-34-26(33)9-5-18-4-7-21(30)22(31)14-18/h4-5,7,9,14,16,19,23-24,30-31H,6,8,10-13,15,17H2,1-3H3/t19-,23-,24+,28-,29+/m1/s1. The number of fused-ring (bicyclic) bond motifs is 3. The van der Waals surface area contributed by atoms with E-state index in [9.17, 15) is 19.8 Å². The molecule has 5 nitrogen and oxygen atoms in total. The van der Waals surface area contributed by atoms with Crippen molar-refractivity contribution in [1.82, 2.24) is 0 Å². The quantitative estimate of drug-likeness (QED) is 0.255. The van der Waals surface area contributed by atoms with Gasteiger partial charge in [0.05, 0.1) is 0 Å². The van der Waals surface area contributed by atoms with Crippen LogP contribution < -0.4 is 0 Å². The van der Waals surface area contributed by atoms with Crippen LogP contribution in [0.5, 0.6) is 11.5 Å². The SMILES string of the molecule is CC1(C)C(=O)CC[C@]2(C)[C@@H]1CC[C@]13C=C(COC(=O)C=Cc4ccc(O)c(O)c4)[C@H](CC[C@H]12)C3. The molecule has 1 spiro atoms. The summed E-state index contributed by atoms with van der Waals surface area (Å²) >= 11 is 0. The van der Waals surface area contributed by atoms with Gasteiger partial charge in [0.25, 0.3) is 0 Å². The number of Topliss-reactive ketones (excluding diaryl/α,β-unsaturated/α-hetero) is 1. The molecule has 4 aliphatic rings. The molecule has 182 valence electrons. The predicted molar refractivity (Wildman–Crippen MR) is 130 cm³/mol. The molecule has 1 aromatic carbocycles. The number of allylic oxidation sites excluding steroid dienone is 1. The summed E-state index contributed by atoms with van der Waals surface area (Å²) in [6, 6.07) is 4.41. The lowest BCUT2D eigenvalue weighted by molar-refractivity contribution is -0.160. The van der Waals surface area contributed by atoms with Crippen molar-refractivity contribution >= 4 is 17.8 Å². The number of esters is 1. The molecule has 3 saturated carbocycles. The average molecular weight is 465 g/mol. The van der Waals surface area contributed by atoms with E-state index in [2.05, 4.69) is 26.8 Å². The zero-order chi connectivity index (χ0) is 24.3. The van der Waals surface area contributed by atoms with E-state index in [1.807, 2.05) is 0 Å². The van der Waals surface area contributed by atoms with Crippen LogP contribution >= 0.6 is 0 Å². The first-order chi connectivity index (χ1) is 16.0. The number of carbonyl (C=O) groups excluding carboxylic acids is 2. The molecule has 0 amide bonds. The Hall–Kier alpha value is -2.56. The Labute approximate surface area is 201 Å². The Kier molecular flexibility index (Phi) is 5.46. The van der Waals surface area contributed by atoms with E-state index in [1.54, 1.807) is 12.1 Å². The van der Waals surface area contributed by atoms with Crippen LogP contribution in [-0.2, 0) is 14.3 Å². The smallest absolute Gasteiger partial charge is 0.331 e. The van der Waals surface area contributed by atoms with Crippen molar-refractivity contribution in [3.05, 3.63) is 41.5 Å². The van der Waals surface area contributed by atoms with Crippen LogP contribution in [0.1, 0.15) is 71.3 Å². The highest BCUT2D eigenvalue weighted by Crippen LogP contribution is 2.70. The van der Waals surface area contributed by atoms with Crippen LogP contribution in [0.15, 0.2) is 35.9 Å². The molecule has 2 N–H and O–H groups in total. The highest BCUT2D eigenvalue weighted by Gasteiger charge is 2.63. The molecule has 0 heterocycles. The number of carbonyl (C=O) groups is 2. The number of rotatable bonds is 4. The first kappa shape index (κ1) is 23.2. The Bertz CT molecular complexity index is 1080. The molecule has 5 rings (SSSR count). The Morgan fingerprint density at radius 3 is 2.65 bits per heavy atom. The number of phenolic OH excluding ortho intramolecular Hbond substituents is 2. The van der Waals surface area contributed by atoms with Crippen LogP contribution in [0.25, 0.3) is 6.08 Å². The van der Waals surface area contributed by atoms with Crippen LogP contribution in [-0.4, -0.2) is 28.6 Å². The summed E-state index contributed by atoms with van der Waals surface area (Å²) in [5.74, 6) is 1.15. The third-order valence-corrected chi connectivity index (χ3v) is 9.89. The van der Waals surface area contributed by atoms with Gasteiger partial charge in [-0.05, 0) is 96.5 Å². The fourth-order valence-electron chi connectivity index (χ4n) is 8.25. The Morgan fingerprint density at radius 1 is 1.09 bits per heavy atom. The van der Waals surface area contributed by atoms with Crippen molar-refractivity contribution in [1.29, 1.82) is 0 Å². The van der Waals surface area contributed by atoms with Crippen molar-refractivity contribution in [3.8, 4) is 11.5 Å². The van der Waals surface area contributed by atoms with Crippen LogP contribution in [0.3, 0.4) is 0 Å². The molecule has 5 atom stereocenters. The van der Waals surface area contributed by atoms with E-state index >= 15 is 0 Å². The van der Waals surface area contributed by atoms with E-state index < -0.39 is 5.97 Å². The largest absolute Gasteiger partial charge is 0.504 e. The first-order valence-corrected chi connectivity index (χ1v) is 12.7. The van der Waals surface area contributed by atoms with E-state index in [0.29, 0.717) is 42.1 Å². The fraction of sp³-hybridized carbons (Fsp3) is 0.586. The molecular formula is C29H36O5. The Balaban J connectivity index is 1.28. The van der Waals surface area contributed by atoms with Gasteiger partial charge < -0.3 is 14.9 Å². The second-order valence-electron chi connectivity index (χ2n) is 11.9. The fourth-order valence-corrected chi connectivity index (χ4v) is 8.25. The zero-order valence-corrected chi connectivity index (χ0v) is 20.5. The van der Waals surface area contributed by atoms with Gasteiger partial charge in [-0.2, -0.15) is 0 Å². The molecule has 0 aliphatic heterocycles. The summed E-state index contributed by atoms with van der Waals surface area (Å²) in [4.78, 5) is 25.1. The minimum atomic E-state index is -0.410. The van der Waals surface area contributed by atoms with Crippen molar-refractivity contribution in [3.63, 3.8) is 0 Å². The van der Waals surface area contributed by atoms with Crippen molar-refractivity contribution < 1.29 is 24.5 Å². The monoisotopic (exact) mass is 464 g/mol. The van der Waals surface area contributed by atoms with Crippen LogP contribution in [0.4, 0.5) is 0 Å². The first-order valence-electron chi connectivity index (χ1n) is 12.7. The number of ether oxygens (including phenoxy) is 1. The summed E-state index contributed by atoms with van der Waals surface area (Å²) in [6.45, 7) is 7.12. The van der Waals surface area contributed by atoms with Gasteiger partial charge in [0.15, 0.2) is 11.5 Å². The minimum Gasteiger partial charge on any atom is -0.504 e. The maximum atomic E-state index is 12.7. The molecule has 4 aliphatic carbocycles. The average Bonchev–Trinajstić information content (AvgIpc) is 3.05. The van der Waals surface area contributed by atoms with Gasteiger partial charge in [-0.1, -0.05) is 32.9 Å². The van der Waals surface area contributed by atoms with Gasteiger partial charge >= 0.3 is 5.97 Å². The number of hydrogen-bond acceptors (Lipinski definition) is 5. The summed E-state index contributed by atoms with van der Waals surface area (Å²) in [6.07, 6.45) is 12.8. The molecule has 0 aromatic heterocycles. The molecule has 2 bridgehead atoms. The molecule has 0 radical (unpaired) electrons. The van der Waals surface area contributed by atoms with E-state index in [0.717, 1.165) is 32.1 Å². The van der Waals surface area contributed by atoms with Gasteiger partial charge in [-0.15, -0.1) is 0 Å². The van der Waals surface area contributed by atoms with Gasteiger partial charge in [-0.25, -0.2) is 4.79 Å². The van der Waals surface area contributed by atoms with Crippen molar-refractivity contribution in [2.24, 2.45) is 34.0 Å². The number of phenols is 2.